The smallest absolute Gasteiger partial charge is 0.138 e. The third-order valence-electron chi connectivity index (χ3n) is 1.75. The quantitative estimate of drug-likeness (QED) is 0.812. The van der Waals surface area contributed by atoms with Crippen molar-refractivity contribution in [2.45, 2.75) is 20.0 Å². The van der Waals surface area contributed by atoms with E-state index in [1.165, 1.54) is 0 Å². The molecule has 13 heavy (non-hydrogen) atoms. The number of hydrogen-bond acceptors (Lipinski definition) is 2. The second-order valence-corrected chi connectivity index (χ2v) is 3.51. The Hall–Kier alpha value is -0.730. The maximum Gasteiger partial charge on any atom is 0.138 e. The number of nitrogens with two attached hydrogens (primary N) is 1. The van der Waals surface area contributed by atoms with Gasteiger partial charge in [0.15, 0.2) is 0 Å². The molecule has 0 amide bonds. The molecule has 72 valence electrons. The second-order valence-electron chi connectivity index (χ2n) is 3.10. The van der Waals surface area contributed by atoms with Crippen LogP contribution >= 0.6 is 11.6 Å². The van der Waals surface area contributed by atoms with Gasteiger partial charge in [0.1, 0.15) is 11.9 Å². The normalized spacial score (nSPS) is 12.6. The van der Waals surface area contributed by atoms with Gasteiger partial charge in [0, 0.05) is 6.54 Å². The lowest BCUT2D eigenvalue weighted by Crippen LogP contribution is -2.22. The molecule has 0 saturated carbocycles. The Bertz CT molecular complexity index is 288. The molecule has 0 aliphatic rings. The van der Waals surface area contributed by atoms with Crippen LogP contribution < -0.4 is 10.5 Å². The lowest BCUT2D eigenvalue weighted by Gasteiger charge is -2.13. The Morgan fingerprint density at radius 1 is 1.54 bits per heavy atom. The zero-order valence-electron chi connectivity index (χ0n) is 7.88. The average molecular weight is 200 g/mol. The van der Waals surface area contributed by atoms with Gasteiger partial charge in [-0.3, -0.25) is 0 Å². The van der Waals surface area contributed by atoms with Crippen LogP contribution in [0.2, 0.25) is 5.02 Å². The van der Waals surface area contributed by atoms with Crippen molar-refractivity contribution >= 4 is 11.6 Å². The summed E-state index contributed by atoms with van der Waals surface area (Å²) in [4.78, 5) is 0. The van der Waals surface area contributed by atoms with Gasteiger partial charge in [0.25, 0.3) is 0 Å². The van der Waals surface area contributed by atoms with Gasteiger partial charge in [-0.05, 0) is 31.5 Å². The van der Waals surface area contributed by atoms with Gasteiger partial charge in [-0.1, -0.05) is 17.7 Å². The van der Waals surface area contributed by atoms with Gasteiger partial charge in [0.05, 0.1) is 5.02 Å². The molecule has 0 bridgehead atoms. The number of benzene rings is 1. The van der Waals surface area contributed by atoms with Crippen molar-refractivity contribution in [3.05, 3.63) is 28.8 Å². The number of aryl methyl sites for hydroxylation is 1. The summed E-state index contributed by atoms with van der Waals surface area (Å²) in [5.74, 6) is 0.699. The highest BCUT2D eigenvalue weighted by Crippen LogP contribution is 2.25. The summed E-state index contributed by atoms with van der Waals surface area (Å²) in [5.41, 5.74) is 6.55. The molecular weight excluding hydrogens is 186 g/mol. The van der Waals surface area contributed by atoms with E-state index < -0.39 is 0 Å². The molecule has 1 rings (SSSR count). The maximum atomic E-state index is 5.96. The van der Waals surface area contributed by atoms with Crippen molar-refractivity contribution in [1.82, 2.24) is 0 Å². The molecule has 1 atom stereocenters. The molecule has 2 N–H and O–H groups in total. The summed E-state index contributed by atoms with van der Waals surface area (Å²) in [7, 11) is 0. The molecule has 0 saturated heterocycles. The van der Waals surface area contributed by atoms with Crippen LogP contribution in [0.3, 0.4) is 0 Å². The van der Waals surface area contributed by atoms with Crippen LogP contribution in [0.1, 0.15) is 12.5 Å². The van der Waals surface area contributed by atoms with Crippen LogP contribution in [-0.4, -0.2) is 12.6 Å². The highest BCUT2D eigenvalue weighted by molar-refractivity contribution is 6.32. The van der Waals surface area contributed by atoms with E-state index in [-0.39, 0.29) is 6.10 Å². The number of hydrogen-bond donors (Lipinski definition) is 1. The molecule has 0 spiro atoms. The average Bonchev–Trinajstić information content (AvgIpc) is 2.09. The first-order valence-corrected chi connectivity index (χ1v) is 4.64. The number of halogens is 1. The molecule has 0 aromatic heterocycles. The Morgan fingerprint density at radius 3 is 2.77 bits per heavy atom. The van der Waals surface area contributed by atoms with Crippen LogP contribution in [0.4, 0.5) is 0 Å². The molecule has 0 fully saturated rings. The molecule has 3 heteroatoms. The van der Waals surface area contributed by atoms with E-state index >= 15 is 0 Å². The number of ether oxygens (including phenoxy) is 1. The van der Waals surface area contributed by atoms with E-state index in [0.29, 0.717) is 17.3 Å². The molecular formula is C10H14ClNO. The minimum absolute atomic E-state index is 0.000191. The first kappa shape index (κ1) is 10.4. The SMILES string of the molecule is Cc1ccc(OC(C)CN)c(Cl)c1. The maximum absolute atomic E-state index is 5.96. The van der Waals surface area contributed by atoms with Gasteiger partial charge in [-0.15, -0.1) is 0 Å². The summed E-state index contributed by atoms with van der Waals surface area (Å²) < 4.78 is 5.49. The Balaban J connectivity index is 2.77. The molecule has 0 aliphatic carbocycles. The van der Waals surface area contributed by atoms with Gasteiger partial charge >= 0.3 is 0 Å². The van der Waals surface area contributed by atoms with Crippen LogP contribution in [0.25, 0.3) is 0 Å². The molecule has 0 heterocycles. The van der Waals surface area contributed by atoms with E-state index in [1.54, 1.807) is 0 Å². The highest BCUT2D eigenvalue weighted by atomic mass is 35.5. The Labute approximate surface area is 83.6 Å². The first-order chi connectivity index (χ1) is 6.13. The van der Waals surface area contributed by atoms with Gasteiger partial charge in [-0.2, -0.15) is 0 Å². The molecule has 0 aliphatic heterocycles. The summed E-state index contributed by atoms with van der Waals surface area (Å²) in [6.07, 6.45) is 0.000191. The fourth-order valence-corrected chi connectivity index (χ4v) is 1.25. The van der Waals surface area contributed by atoms with Crippen molar-refractivity contribution in [2.75, 3.05) is 6.54 Å². The fourth-order valence-electron chi connectivity index (χ4n) is 0.966. The van der Waals surface area contributed by atoms with Crippen molar-refractivity contribution in [3.8, 4) is 5.75 Å². The second kappa shape index (κ2) is 4.49. The standard InChI is InChI=1S/C10H14ClNO/c1-7-3-4-10(9(11)5-7)13-8(2)6-12/h3-5,8H,6,12H2,1-2H3. The zero-order valence-corrected chi connectivity index (χ0v) is 8.64. The van der Waals surface area contributed by atoms with E-state index in [4.69, 9.17) is 22.1 Å². The molecule has 1 unspecified atom stereocenters. The molecule has 1 aromatic carbocycles. The van der Waals surface area contributed by atoms with Gasteiger partial charge < -0.3 is 10.5 Å². The lowest BCUT2D eigenvalue weighted by molar-refractivity contribution is 0.230. The summed E-state index contributed by atoms with van der Waals surface area (Å²) in [6, 6.07) is 5.70. The van der Waals surface area contributed by atoms with Crippen molar-refractivity contribution in [1.29, 1.82) is 0 Å². The van der Waals surface area contributed by atoms with Crippen molar-refractivity contribution in [3.63, 3.8) is 0 Å². The number of rotatable bonds is 3. The fraction of sp³-hybridized carbons (Fsp3) is 0.400. The monoisotopic (exact) mass is 199 g/mol. The third kappa shape index (κ3) is 2.90. The largest absolute Gasteiger partial charge is 0.488 e. The van der Waals surface area contributed by atoms with E-state index in [2.05, 4.69) is 0 Å². The van der Waals surface area contributed by atoms with E-state index in [0.717, 1.165) is 5.56 Å². The summed E-state index contributed by atoms with van der Waals surface area (Å²) >= 11 is 5.96. The van der Waals surface area contributed by atoms with Crippen molar-refractivity contribution < 1.29 is 4.74 Å². The topological polar surface area (TPSA) is 35.2 Å². The predicted octanol–water partition coefficient (Wildman–Crippen LogP) is 2.37. The van der Waals surface area contributed by atoms with Gasteiger partial charge in [-0.25, -0.2) is 0 Å². The molecule has 2 nitrogen and oxygen atoms in total. The van der Waals surface area contributed by atoms with Crippen LogP contribution in [0.5, 0.6) is 5.75 Å². The van der Waals surface area contributed by atoms with Crippen LogP contribution in [0, 0.1) is 6.92 Å². The van der Waals surface area contributed by atoms with Crippen LogP contribution in [0.15, 0.2) is 18.2 Å². The van der Waals surface area contributed by atoms with Gasteiger partial charge in [0.2, 0.25) is 0 Å². The highest BCUT2D eigenvalue weighted by Gasteiger charge is 2.05. The van der Waals surface area contributed by atoms with Crippen LogP contribution in [-0.2, 0) is 0 Å². The lowest BCUT2D eigenvalue weighted by atomic mass is 10.2. The Morgan fingerprint density at radius 2 is 2.23 bits per heavy atom. The summed E-state index contributed by atoms with van der Waals surface area (Å²) in [5, 5.41) is 0.639. The van der Waals surface area contributed by atoms with Crippen molar-refractivity contribution in [2.24, 2.45) is 5.73 Å². The molecule has 0 radical (unpaired) electrons. The Kier molecular flexibility index (Phi) is 3.58. The van der Waals surface area contributed by atoms with E-state index in [1.807, 2.05) is 32.0 Å². The molecule has 1 aromatic rings. The minimum Gasteiger partial charge on any atom is -0.488 e. The summed E-state index contributed by atoms with van der Waals surface area (Å²) in [6.45, 7) is 4.39. The zero-order chi connectivity index (χ0) is 9.84. The third-order valence-corrected chi connectivity index (χ3v) is 2.04. The first-order valence-electron chi connectivity index (χ1n) is 4.26. The predicted molar refractivity (Wildman–Crippen MR) is 55.3 cm³/mol. The minimum atomic E-state index is 0.000191. The van der Waals surface area contributed by atoms with E-state index in [9.17, 15) is 0 Å².